The summed E-state index contributed by atoms with van der Waals surface area (Å²) in [7, 11) is 5.63. The molecule has 0 unspecified atom stereocenters. The largest absolute Gasteiger partial charge is 0.496 e. The third-order valence-electron chi connectivity index (χ3n) is 2.59. The zero-order valence-electron chi connectivity index (χ0n) is 10.2. The highest BCUT2D eigenvalue weighted by molar-refractivity contribution is 5.73. The molecule has 1 heterocycles. The van der Waals surface area contributed by atoms with Gasteiger partial charge in [0.05, 0.1) is 12.8 Å². The van der Waals surface area contributed by atoms with Gasteiger partial charge in [-0.1, -0.05) is 0 Å². The van der Waals surface area contributed by atoms with Gasteiger partial charge >= 0.3 is 0 Å². The molecule has 5 heteroatoms. The lowest BCUT2D eigenvalue weighted by atomic mass is 10.1. The first-order valence-electron chi connectivity index (χ1n) is 5.28. The predicted octanol–water partition coefficient (Wildman–Crippen LogP) is 1.73. The van der Waals surface area contributed by atoms with Gasteiger partial charge in [-0.25, -0.2) is 0 Å². The molecule has 0 saturated heterocycles. The van der Waals surface area contributed by atoms with E-state index in [1.54, 1.807) is 13.2 Å². The number of aromatic nitrogens is 2. The number of H-pyrrole nitrogens is 1. The molecule has 2 rings (SSSR count). The fourth-order valence-electron chi connectivity index (χ4n) is 1.66. The fraction of sp³-hybridized carbons (Fsp3) is 0.250. The van der Waals surface area contributed by atoms with Crippen LogP contribution in [0.15, 0.2) is 24.3 Å². The van der Waals surface area contributed by atoms with Gasteiger partial charge in [-0.3, -0.25) is 5.10 Å². The Balaban J connectivity index is 2.53. The van der Waals surface area contributed by atoms with Crippen LogP contribution in [0.4, 0.5) is 11.5 Å². The van der Waals surface area contributed by atoms with Gasteiger partial charge in [-0.2, -0.15) is 5.10 Å². The van der Waals surface area contributed by atoms with Crippen LogP contribution in [0.25, 0.3) is 11.3 Å². The molecular weight excluding hydrogens is 216 g/mol. The van der Waals surface area contributed by atoms with Crippen molar-refractivity contribution in [2.24, 2.45) is 0 Å². The second kappa shape index (κ2) is 4.37. The fourth-order valence-corrected chi connectivity index (χ4v) is 1.66. The first-order valence-corrected chi connectivity index (χ1v) is 5.28. The highest BCUT2D eigenvalue weighted by Crippen LogP contribution is 2.32. The molecule has 90 valence electrons. The number of aromatic amines is 1. The summed E-state index contributed by atoms with van der Waals surface area (Å²) in [5, 5.41) is 6.82. The number of hydrogen-bond donors (Lipinski definition) is 2. The molecule has 0 aliphatic carbocycles. The van der Waals surface area contributed by atoms with Crippen molar-refractivity contribution in [2.75, 3.05) is 31.8 Å². The lowest BCUT2D eigenvalue weighted by molar-refractivity contribution is 0.416. The van der Waals surface area contributed by atoms with Crippen molar-refractivity contribution in [1.82, 2.24) is 10.2 Å². The smallest absolute Gasteiger partial charge is 0.145 e. The molecule has 17 heavy (non-hydrogen) atoms. The van der Waals surface area contributed by atoms with E-state index >= 15 is 0 Å². The van der Waals surface area contributed by atoms with Crippen molar-refractivity contribution in [3.8, 4) is 17.0 Å². The highest BCUT2D eigenvalue weighted by atomic mass is 16.5. The van der Waals surface area contributed by atoms with Crippen molar-refractivity contribution >= 4 is 11.5 Å². The van der Waals surface area contributed by atoms with E-state index in [-0.39, 0.29) is 0 Å². The summed E-state index contributed by atoms with van der Waals surface area (Å²) in [4.78, 5) is 2.03. The van der Waals surface area contributed by atoms with Crippen molar-refractivity contribution < 1.29 is 4.74 Å². The number of nitrogen functional groups attached to an aromatic ring is 1. The summed E-state index contributed by atoms with van der Waals surface area (Å²) in [5.74, 6) is 1.26. The van der Waals surface area contributed by atoms with E-state index < -0.39 is 0 Å². The Kier molecular flexibility index (Phi) is 2.91. The summed E-state index contributed by atoms with van der Waals surface area (Å²) in [6.45, 7) is 0. The van der Waals surface area contributed by atoms with Crippen molar-refractivity contribution in [1.29, 1.82) is 0 Å². The predicted molar refractivity (Wildman–Crippen MR) is 69.3 cm³/mol. The van der Waals surface area contributed by atoms with Gasteiger partial charge < -0.3 is 15.4 Å². The maximum absolute atomic E-state index is 5.61. The number of ether oxygens (including phenoxy) is 1. The molecule has 1 aromatic carbocycles. The molecule has 0 amide bonds. The molecule has 5 nitrogen and oxygen atoms in total. The Morgan fingerprint density at radius 3 is 2.59 bits per heavy atom. The molecule has 0 spiro atoms. The molecule has 2 aromatic rings. The zero-order valence-corrected chi connectivity index (χ0v) is 10.2. The Morgan fingerprint density at radius 2 is 2.06 bits per heavy atom. The molecule has 0 saturated carbocycles. The van der Waals surface area contributed by atoms with Crippen LogP contribution in [0.3, 0.4) is 0 Å². The first kappa shape index (κ1) is 11.3. The minimum absolute atomic E-state index is 0.470. The minimum atomic E-state index is 0.470. The summed E-state index contributed by atoms with van der Waals surface area (Å²) < 4.78 is 5.34. The maximum atomic E-state index is 5.61. The van der Waals surface area contributed by atoms with Crippen LogP contribution in [0.5, 0.6) is 5.75 Å². The number of nitrogens with two attached hydrogens (primary N) is 1. The van der Waals surface area contributed by atoms with Gasteiger partial charge in [0.15, 0.2) is 0 Å². The van der Waals surface area contributed by atoms with Crippen LogP contribution >= 0.6 is 0 Å². The molecule has 0 aliphatic rings. The Morgan fingerprint density at radius 1 is 1.29 bits per heavy atom. The summed E-state index contributed by atoms with van der Waals surface area (Å²) >= 11 is 0. The average Bonchev–Trinajstić information content (AvgIpc) is 2.74. The SMILES string of the molecule is COc1ccc(N(C)C)cc1-c1cc(N)n[nH]1. The van der Waals surface area contributed by atoms with Crippen LogP contribution < -0.4 is 15.4 Å². The maximum Gasteiger partial charge on any atom is 0.145 e. The molecule has 3 N–H and O–H groups in total. The number of methoxy groups -OCH3 is 1. The number of hydrogen-bond acceptors (Lipinski definition) is 4. The average molecular weight is 232 g/mol. The number of anilines is 2. The molecule has 0 atom stereocenters. The number of benzene rings is 1. The van der Waals surface area contributed by atoms with Crippen LogP contribution in [-0.4, -0.2) is 31.4 Å². The number of rotatable bonds is 3. The van der Waals surface area contributed by atoms with E-state index in [2.05, 4.69) is 10.2 Å². The molecule has 0 radical (unpaired) electrons. The van der Waals surface area contributed by atoms with Gasteiger partial charge in [0.25, 0.3) is 0 Å². The van der Waals surface area contributed by atoms with Crippen LogP contribution in [0.2, 0.25) is 0 Å². The third-order valence-corrected chi connectivity index (χ3v) is 2.59. The van der Waals surface area contributed by atoms with Crippen molar-refractivity contribution in [2.45, 2.75) is 0 Å². The Bertz CT molecular complexity index is 519. The Labute approximate surface area is 100 Å². The number of nitrogens with zero attached hydrogens (tertiary/aromatic N) is 2. The zero-order chi connectivity index (χ0) is 12.4. The lowest BCUT2D eigenvalue weighted by Crippen LogP contribution is -2.08. The van der Waals surface area contributed by atoms with Crippen LogP contribution in [0, 0.1) is 0 Å². The normalized spacial score (nSPS) is 10.3. The van der Waals surface area contributed by atoms with Gasteiger partial charge in [0.1, 0.15) is 11.6 Å². The van der Waals surface area contributed by atoms with E-state index in [1.165, 1.54) is 0 Å². The molecule has 1 aromatic heterocycles. The molecular formula is C12H16N4O. The molecule has 0 fully saturated rings. The van der Waals surface area contributed by atoms with E-state index in [9.17, 15) is 0 Å². The van der Waals surface area contributed by atoms with E-state index in [1.807, 2.05) is 37.2 Å². The van der Waals surface area contributed by atoms with E-state index in [0.717, 1.165) is 22.7 Å². The van der Waals surface area contributed by atoms with Crippen molar-refractivity contribution in [3.63, 3.8) is 0 Å². The monoisotopic (exact) mass is 232 g/mol. The highest BCUT2D eigenvalue weighted by Gasteiger charge is 2.10. The van der Waals surface area contributed by atoms with Gasteiger partial charge in [-0.05, 0) is 18.2 Å². The molecule has 0 aliphatic heterocycles. The molecule has 0 bridgehead atoms. The lowest BCUT2D eigenvalue weighted by Gasteiger charge is -2.15. The second-order valence-electron chi connectivity index (χ2n) is 3.99. The summed E-state index contributed by atoms with van der Waals surface area (Å²) in [6.07, 6.45) is 0. The van der Waals surface area contributed by atoms with Gasteiger partial charge in [0, 0.05) is 31.4 Å². The third kappa shape index (κ3) is 2.18. The summed E-state index contributed by atoms with van der Waals surface area (Å²) in [5.41, 5.74) is 8.50. The number of nitrogens with one attached hydrogen (secondary N) is 1. The van der Waals surface area contributed by atoms with E-state index in [4.69, 9.17) is 10.5 Å². The standard InChI is InChI=1S/C12H16N4O/c1-16(2)8-4-5-11(17-3)9(6-8)10-7-12(13)15-14-10/h4-7H,1-3H3,(H3,13,14,15). The van der Waals surface area contributed by atoms with Crippen LogP contribution in [-0.2, 0) is 0 Å². The second-order valence-corrected chi connectivity index (χ2v) is 3.99. The topological polar surface area (TPSA) is 67.2 Å². The van der Waals surface area contributed by atoms with Gasteiger partial charge in [0.2, 0.25) is 0 Å². The first-order chi connectivity index (χ1) is 8.11. The van der Waals surface area contributed by atoms with Crippen LogP contribution in [0.1, 0.15) is 0 Å². The summed E-state index contributed by atoms with van der Waals surface area (Å²) in [6, 6.07) is 7.76. The van der Waals surface area contributed by atoms with Gasteiger partial charge in [-0.15, -0.1) is 0 Å². The minimum Gasteiger partial charge on any atom is -0.496 e. The van der Waals surface area contributed by atoms with E-state index in [0.29, 0.717) is 5.82 Å². The van der Waals surface area contributed by atoms with Crippen molar-refractivity contribution in [3.05, 3.63) is 24.3 Å². The Hall–Kier alpha value is -2.17. The quantitative estimate of drug-likeness (QED) is 0.845.